The lowest BCUT2D eigenvalue weighted by atomic mass is 10.2. The number of rotatable bonds is 8. The molecule has 2 N–H and O–H groups in total. The molecular weight excluding hydrogens is 426 g/mol. The molecule has 10 heteroatoms. The lowest BCUT2D eigenvalue weighted by Crippen LogP contribution is -2.21. The second kappa shape index (κ2) is 9.42. The normalized spacial score (nSPS) is 11.3. The van der Waals surface area contributed by atoms with Crippen molar-refractivity contribution in [2.45, 2.75) is 4.21 Å². The van der Waals surface area contributed by atoms with Gasteiger partial charge in [-0.3, -0.25) is 9.52 Å². The van der Waals surface area contributed by atoms with Gasteiger partial charge in [0.25, 0.3) is 15.9 Å². The number of hydrogen-bond donors (Lipinski definition) is 2. The fourth-order valence-corrected chi connectivity index (χ4v) is 4.58. The minimum absolute atomic E-state index is 0.137. The number of benzene rings is 2. The molecule has 30 heavy (non-hydrogen) atoms. The van der Waals surface area contributed by atoms with Crippen LogP contribution in [0.5, 0.6) is 11.5 Å². The quantitative estimate of drug-likeness (QED) is 0.409. The zero-order valence-corrected chi connectivity index (χ0v) is 17.8. The molecule has 1 heterocycles. The van der Waals surface area contributed by atoms with Crippen LogP contribution in [-0.2, 0) is 10.0 Å². The van der Waals surface area contributed by atoms with Gasteiger partial charge in [-0.15, -0.1) is 11.3 Å². The Balaban J connectivity index is 1.76. The molecule has 2 aromatic carbocycles. The smallest absolute Gasteiger partial charge is 0.273 e. The Morgan fingerprint density at radius 3 is 2.37 bits per heavy atom. The lowest BCUT2D eigenvalue weighted by Gasteiger charge is -2.10. The third-order valence-corrected chi connectivity index (χ3v) is 6.69. The summed E-state index contributed by atoms with van der Waals surface area (Å²) in [7, 11) is -0.716. The van der Waals surface area contributed by atoms with E-state index in [2.05, 4.69) is 15.2 Å². The first-order valence-electron chi connectivity index (χ1n) is 8.65. The van der Waals surface area contributed by atoms with Crippen molar-refractivity contribution in [1.29, 1.82) is 0 Å². The molecule has 3 aromatic rings. The van der Waals surface area contributed by atoms with Gasteiger partial charge < -0.3 is 9.47 Å². The van der Waals surface area contributed by atoms with Crippen molar-refractivity contribution in [3.63, 3.8) is 0 Å². The lowest BCUT2D eigenvalue weighted by molar-refractivity contribution is 0.0956. The number of sulfonamides is 1. The third kappa shape index (κ3) is 5.16. The van der Waals surface area contributed by atoms with Crippen LogP contribution in [0.15, 0.2) is 69.3 Å². The summed E-state index contributed by atoms with van der Waals surface area (Å²) in [5, 5.41) is 5.61. The summed E-state index contributed by atoms with van der Waals surface area (Å²) in [6.07, 6.45) is 1.43. The molecule has 156 valence electrons. The molecule has 0 radical (unpaired) electrons. The van der Waals surface area contributed by atoms with E-state index in [-0.39, 0.29) is 15.5 Å². The third-order valence-electron chi connectivity index (χ3n) is 3.93. The topological polar surface area (TPSA) is 106 Å². The molecule has 0 fully saturated rings. The van der Waals surface area contributed by atoms with Crippen LogP contribution < -0.4 is 19.6 Å². The van der Waals surface area contributed by atoms with E-state index in [1.165, 1.54) is 38.6 Å². The molecule has 0 spiro atoms. The number of anilines is 1. The van der Waals surface area contributed by atoms with Gasteiger partial charge in [-0.05, 0) is 35.7 Å². The molecule has 1 amide bonds. The first-order valence-corrected chi connectivity index (χ1v) is 11.0. The Kier molecular flexibility index (Phi) is 6.70. The Morgan fingerprint density at radius 1 is 1.03 bits per heavy atom. The first-order chi connectivity index (χ1) is 14.4. The average molecular weight is 446 g/mol. The van der Waals surface area contributed by atoms with Gasteiger partial charge in [0.15, 0.2) is 0 Å². The largest absolute Gasteiger partial charge is 0.497 e. The standard InChI is InChI=1S/C20H19N3O5S2/c1-27-15-10-14(11-16(12-15)28-2)13-21-22-20(24)17-6-3-4-7-18(17)23-30(25,26)19-8-5-9-29-19/h3-13,23H,1-2H3,(H,22,24)/b21-13+. The Bertz CT molecular complexity index is 1140. The van der Waals surface area contributed by atoms with E-state index in [9.17, 15) is 13.2 Å². The summed E-state index contributed by atoms with van der Waals surface area (Å²) in [5.41, 5.74) is 3.34. The van der Waals surface area contributed by atoms with E-state index < -0.39 is 15.9 Å². The molecule has 0 aliphatic carbocycles. The number of nitrogens with zero attached hydrogens (tertiary/aromatic N) is 1. The highest BCUT2D eigenvalue weighted by molar-refractivity contribution is 7.94. The van der Waals surface area contributed by atoms with Crippen LogP contribution in [0, 0.1) is 0 Å². The first kappa shape index (κ1) is 21.3. The van der Waals surface area contributed by atoms with Gasteiger partial charge in [-0.25, -0.2) is 13.8 Å². The number of nitrogens with one attached hydrogen (secondary N) is 2. The molecule has 0 saturated carbocycles. The van der Waals surface area contributed by atoms with Gasteiger partial charge in [-0.2, -0.15) is 5.10 Å². The van der Waals surface area contributed by atoms with Crippen molar-refractivity contribution in [1.82, 2.24) is 5.43 Å². The van der Waals surface area contributed by atoms with Crippen LogP contribution >= 0.6 is 11.3 Å². The number of amides is 1. The summed E-state index contributed by atoms with van der Waals surface area (Å²) in [5.74, 6) is 0.594. The molecule has 0 aliphatic heterocycles. The zero-order chi connectivity index (χ0) is 21.6. The highest BCUT2D eigenvalue weighted by atomic mass is 32.2. The molecule has 0 bridgehead atoms. The van der Waals surface area contributed by atoms with Crippen LogP contribution in [0.2, 0.25) is 0 Å². The highest BCUT2D eigenvalue weighted by Gasteiger charge is 2.19. The average Bonchev–Trinajstić information content (AvgIpc) is 3.29. The molecular formula is C20H19N3O5S2. The number of hydrazone groups is 1. The number of thiophene rings is 1. The SMILES string of the molecule is COc1cc(/C=N/NC(=O)c2ccccc2NS(=O)(=O)c2cccs2)cc(OC)c1. The molecule has 0 unspecified atom stereocenters. The van der Waals surface area contributed by atoms with Crippen molar-refractivity contribution < 1.29 is 22.7 Å². The van der Waals surface area contributed by atoms with Crippen LogP contribution in [-0.4, -0.2) is 34.8 Å². The Labute approximate surface area is 178 Å². The van der Waals surface area contributed by atoms with E-state index >= 15 is 0 Å². The predicted molar refractivity (Wildman–Crippen MR) is 116 cm³/mol. The number of para-hydroxylation sites is 1. The summed E-state index contributed by atoms with van der Waals surface area (Å²) in [6.45, 7) is 0. The molecule has 0 atom stereocenters. The monoisotopic (exact) mass is 445 g/mol. The number of carbonyl (C=O) groups is 1. The Hall–Kier alpha value is -3.37. The van der Waals surface area contributed by atoms with Gasteiger partial charge in [0.2, 0.25) is 0 Å². The van der Waals surface area contributed by atoms with Crippen LogP contribution in [0.25, 0.3) is 0 Å². The molecule has 1 aromatic heterocycles. The van der Waals surface area contributed by atoms with Crippen molar-refractivity contribution in [2.24, 2.45) is 5.10 Å². The van der Waals surface area contributed by atoms with E-state index in [0.717, 1.165) is 11.3 Å². The predicted octanol–water partition coefficient (Wildman–Crippen LogP) is 3.33. The maximum absolute atomic E-state index is 12.6. The number of carbonyl (C=O) groups excluding carboxylic acids is 1. The van der Waals surface area contributed by atoms with E-state index in [1.54, 1.807) is 41.8 Å². The van der Waals surface area contributed by atoms with Crippen molar-refractivity contribution in [3.8, 4) is 11.5 Å². The Morgan fingerprint density at radius 2 is 1.73 bits per heavy atom. The van der Waals surface area contributed by atoms with E-state index in [4.69, 9.17) is 9.47 Å². The second-order valence-corrected chi connectivity index (χ2v) is 8.79. The summed E-state index contributed by atoms with van der Waals surface area (Å²) in [6, 6.07) is 14.6. The summed E-state index contributed by atoms with van der Waals surface area (Å²) < 4.78 is 37.9. The van der Waals surface area contributed by atoms with Crippen LogP contribution in [0.4, 0.5) is 5.69 Å². The zero-order valence-electron chi connectivity index (χ0n) is 16.2. The maximum atomic E-state index is 12.6. The van der Waals surface area contributed by atoms with Crippen LogP contribution in [0.1, 0.15) is 15.9 Å². The van der Waals surface area contributed by atoms with Crippen molar-refractivity contribution in [2.75, 3.05) is 18.9 Å². The molecule has 3 rings (SSSR count). The van der Waals surface area contributed by atoms with E-state index in [0.29, 0.717) is 17.1 Å². The number of hydrogen-bond acceptors (Lipinski definition) is 7. The molecule has 8 nitrogen and oxygen atoms in total. The van der Waals surface area contributed by atoms with E-state index in [1.807, 2.05) is 0 Å². The number of ether oxygens (including phenoxy) is 2. The second-order valence-electron chi connectivity index (χ2n) is 5.93. The highest BCUT2D eigenvalue weighted by Crippen LogP contribution is 2.23. The minimum atomic E-state index is -3.78. The van der Waals surface area contributed by atoms with Gasteiger partial charge in [0, 0.05) is 11.6 Å². The van der Waals surface area contributed by atoms with Crippen molar-refractivity contribution in [3.05, 3.63) is 71.1 Å². The fraction of sp³-hybridized carbons (Fsp3) is 0.100. The van der Waals surface area contributed by atoms with Gasteiger partial charge in [-0.1, -0.05) is 18.2 Å². The summed E-state index contributed by atoms with van der Waals surface area (Å²) in [4.78, 5) is 12.6. The molecule has 0 saturated heterocycles. The minimum Gasteiger partial charge on any atom is -0.497 e. The van der Waals surface area contributed by atoms with Gasteiger partial charge in [0.1, 0.15) is 15.7 Å². The number of methoxy groups -OCH3 is 2. The van der Waals surface area contributed by atoms with Crippen LogP contribution in [0.3, 0.4) is 0 Å². The van der Waals surface area contributed by atoms with Crippen molar-refractivity contribution >= 4 is 39.2 Å². The van der Waals surface area contributed by atoms with Gasteiger partial charge in [0.05, 0.1) is 31.7 Å². The summed E-state index contributed by atoms with van der Waals surface area (Å²) >= 11 is 1.09. The molecule has 0 aliphatic rings. The van der Waals surface area contributed by atoms with Gasteiger partial charge >= 0.3 is 0 Å². The maximum Gasteiger partial charge on any atom is 0.273 e. The fourth-order valence-electron chi connectivity index (χ4n) is 2.51.